The molecule has 0 aliphatic heterocycles. The number of aromatic amines is 1. The number of halogens is 3. The van der Waals surface area contributed by atoms with E-state index in [9.17, 15) is 18.0 Å². The lowest BCUT2D eigenvalue weighted by Crippen LogP contribution is -2.15. The van der Waals surface area contributed by atoms with Gasteiger partial charge in [0.1, 0.15) is 5.69 Å². The van der Waals surface area contributed by atoms with Crippen molar-refractivity contribution in [2.75, 3.05) is 5.32 Å². The molecule has 0 saturated heterocycles. The molecule has 0 spiro atoms. The molecule has 35 heavy (non-hydrogen) atoms. The van der Waals surface area contributed by atoms with Gasteiger partial charge < -0.3 is 5.32 Å². The molecular weight excluding hydrogens is 457 g/mol. The van der Waals surface area contributed by atoms with Crippen molar-refractivity contribution in [3.05, 3.63) is 77.1 Å². The van der Waals surface area contributed by atoms with Crippen LogP contribution in [0.2, 0.25) is 0 Å². The van der Waals surface area contributed by atoms with Crippen LogP contribution in [0.4, 0.5) is 18.9 Å². The lowest BCUT2D eigenvalue weighted by atomic mass is 9.96. The summed E-state index contributed by atoms with van der Waals surface area (Å²) >= 11 is 0. The molecule has 1 saturated carbocycles. The third-order valence-corrected chi connectivity index (χ3v) is 6.17. The number of nitrogens with zero attached hydrogens (tertiary/aromatic N) is 4. The Morgan fingerprint density at radius 1 is 1.09 bits per heavy atom. The minimum absolute atomic E-state index is 0.0809. The summed E-state index contributed by atoms with van der Waals surface area (Å²) in [5.41, 5.74) is 4.19. The first kappa shape index (κ1) is 22.7. The lowest BCUT2D eigenvalue weighted by molar-refractivity contribution is -0.141. The molecule has 0 unspecified atom stereocenters. The topological polar surface area (TPSA) is 96.5 Å². The van der Waals surface area contributed by atoms with Crippen LogP contribution in [0.15, 0.2) is 54.7 Å². The van der Waals surface area contributed by atoms with Gasteiger partial charge in [-0.25, -0.2) is 0 Å². The molecular formula is C25H21F3N6O. The van der Waals surface area contributed by atoms with Gasteiger partial charge in [0.25, 0.3) is 0 Å². The molecule has 7 nitrogen and oxygen atoms in total. The van der Waals surface area contributed by atoms with E-state index in [1.54, 1.807) is 12.1 Å². The smallest absolute Gasteiger partial charge is 0.326 e. The van der Waals surface area contributed by atoms with Crippen LogP contribution in [0.3, 0.4) is 0 Å². The molecule has 2 atom stereocenters. The van der Waals surface area contributed by atoms with Gasteiger partial charge >= 0.3 is 6.18 Å². The van der Waals surface area contributed by atoms with Crippen LogP contribution in [0.25, 0.3) is 22.5 Å². The SMILES string of the molecule is Cc1cccc([C@@H]2C[C@H]2C(=O)Nc2cc(-c3nn[nH]n3)c(-c3ccc(C(F)(F)F)nc3)cc2C)c1. The number of rotatable bonds is 5. The van der Waals surface area contributed by atoms with Gasteiger partial charge in [0.05, 0.1) is 0 Å². The maximum Gasteiger partial charge on any atom is 0.433 e. The highest BCUT2D eigenvalue weighted by Crippen LogP contribution is 2.48. The van der Waals surface area contributed by atoms with Crippen molar-refractivity contribution in [2.45, 2.75) is 32.4 Å². The fraction of sp³-hybridized carbons (Fsp3) is 0.240. The Kier molecular flexibility index (Phi) is 5.58. The molecule has 2 aromatic heterocycles. The summed E-state index contributed by atoms with van der Waals surface area (Å²) in [6, 6.07) is 13.9. The van der Waals surface area contributed by atoms with Crippen LogP contribution < -0.4 is 5.32 Å². The van der Waals surface area contributed by atoms with Crippen molar-refractivity contribution in [2.24, 2.45) is 5.92 Å². The van der Waals surface area contributed by atoms with Crippen LogP contribution in [-0.4, -0.2) is 31.5 Å². The molecule has 1 fully saturated rings. The molecule has 1 aliphatic carbocycles. The Bertz CT molecular complexity index is 1380. The molecule has 10 heteroatoms. The second-order valence-electron chi connectivity index (χ2n) is 8.73. The van der Waals surface area contributed by atoms with Crippen molar-refractivity contribution >= 4 is 11.6 Å². The molecule has 4 aromatic rings. The molecule has 0 bridgehead atoms. The quantitative estimate of drug-likeness (QED) is 0.405. The Labute approximate surface area is 198 Å². The maximum atomic E-state index is 13.0. The molecule has 2 aromatic carbocycles. The molecule has 5 rings (SSSR count). The second-order valence-corrected chi connectivity index (χ2v) is 8.73. The number of pyridine rings is 1. The van der Waals surface area contributed by atoms with Crippen molar-refractivity contribution in [3.63, 3.8) is 0 Å². The standard InChI is InChI=1S/C25H21F3N6O/c1-13-4-3-5-15(8-13)18-10-20(18)24(35)30-21-11-19(23-31-33-34-32-23)17(9-14(21)2)16-6-7-22(29-12-16)25(26,27)28/h3-9,11-12,18,20H,10H2,1-2H3,(H,30,35)(H,31,32,33,34)/t18-,20+/m0/s1. The van der Waals surface area contributed by atoms with Gasteiger partial charge in [-0.15, -0.1) is 10.2 Å². The average molecular weight is 478 g/mol. The van der Waals surface area contributed by atoms with Crippen LogP contribution in [0, 0.1) is 19.8 Å². The number of tetrazole rings is 1. The second kappa shape index (κ2) is 8.61. The first-order valence-electron chi connectivity index (χ1n) is 11.0. The first-order chi connectivity index (χ1) is 16.7. The number of aryl methyl sites for hydroxylation is 2. The maximum absolute atomic E-state index is 13.0. The minimum atomic E-state index is -4.53. The number of aromatic nitrogens is 5. The molecule has 2 heterocycles. The molecule has 1 aliphatic rings. The van der Waals surface area contributed by atoms with Crippen LogP contribution in [0.5, 0.6) is 0 Å². The third-order valence-electron chi connectivity index (χ3n) is 6.17. The van der Waals surface area contributed by atoms with Crippen molar-refractivity contribution in [1.29, 1.82) is 0 Å². The van der Waals surface area contributed by atoms with Gasteiger partial charge in [0.15, 0.2) is 0 Å². The lowest BCUT2D eigenvalue weighted by Gasteiger charge is -2.15. The van der Waals surface area contributed by atoms with Gasteiger partial charge in [-0.1, -0.05) is 35.9 Å². The summed E-state index contributed by atoms with van der Waals surface area (Å²) in [6.07, 6.45) is -2.59. The monoisotopic (exact) mass is 478 g/mol. The highest BCUT2D eigenvalue weighted by Gasteiger charge is 2.44. The van der Waals surface area contributed by atoms with E-state index in [1.165, 1.54) is 6.07 Å². The van der Waals surface area contributed by atoms with E-state index in [-0.39, 0.29) is 23.6 Å². The summed E-state index contributed by atoms with van der Waals surface area (Å²) < 4.78 is 38.9. The Hall–Kier alpha value is -4.08. The number of hydrogen-bond donors (Lipinski definition) is 2. The first-order valence-corrected chi connectivity index (χ1v) is 11.0. The molecule has 178 valence electrons. The van der Waals surface area contributed by atoms with Gasteiger partial charge in [0, 0.05) is 28.9 Å². The molecule has 1 amide bonds. The Morgan fingerprint density at radius 3 is 2.57 bits per heavy atom. The van der Waals surface area contributed by atoms with Gasteiger partial charge in [-0.05, 0) is 66.3 Å². The molecule has 0 radical (unpaired) electrons. The summed E-state index contributed by atoms with van der Waals surface area (Å²) in [5.74, 6) is 0.232. The highest BCUT2D eigenvalue weighted by atomic mass is 19.4. The van der Waals surface area contributed by atoms with E-state index in [0.29, 0.717) is 22.4 Å². The van der Waals surface area contributed by atoms with E-state index < -0.39 is 11.9 Å². The van der Waals surface area contributed by atoms with E-state index in [4.69, 9.17) is 0 Å². The number of nitrogens with one attached hydrogen (secondary N) is 2. The van der Waals surface area contributed by atoms with Gasteiger partial charge in [-0.2, -0.15) is 18.4 Å². The Balaban J connectivity index is 1.44. The molecule has 2 N–H and O–H groups in total. The number of benzene rings is 2. The summed E-state index contributed by atoms with van der Waals surface area (Å²) in [6.45, 7) is 3.85. The van der Waals surface area contributed by atoms with E-state index >= 15 is 0 Å². The summed E-state index contributed by atoms with van der Waals surface area (Å²) in [5, 5.41) is 17.0. The number of anilines is 1. The Morgan fingerprint density at radius 2 is 1.91 bits per heavy atom. The number of carbonyl (C=O) groups is 1. The zero-order chi connectivity index (χ0) is 24.7. The van der Waals surface area contributed by atoms with E-state index in [2.05, 4.69) is 37.0 Å². The van der Waals surface area contributed by atoms with E-state index in [0.717, 1.165) is 35.4 Å². The zero-order valence-corrected chi connectivity index (χ0v) is 18.9. The average Bonchev–Trinajstić information content (AvgIpc) is 3.45. The third kappa shape index (κ3) is 4.64. The van der Waals surface area contributed by atoms with E-state index in [1.807, 2.05) is 32.0 Å². The van der Waals surface area contributed by atoms with Crippen LogP contribution >= 0.6 is 0 Å². The minimum Gasteiger partial charge on any atom is -0.326 e. The summed E-state index contributed by atoms with van der Waals surface area (Å²) in [7, 11) is 0. The number of amides is 1. The number of alkyl halides is 3. The van der Waals surface area contributed by atoms with Crippen LogP contribution in [0.1, 0.15) is 34.7 Å². The largest absolute Gasteiger partial charge is 0.433 e. The van der Waals surface area contributed by atoms with Crippen molar-refractivity contribution in [1.82, 2.24) is 25.6 Å². The van der Waals surface area contributed by atoms with Gasteiger partial charge in [-0.3, -0.25) is 9.78 Å². The predicted molar refractivity (Wildman–Crippen MR) is 123 cm³/mol. The number of carbonyl (C=O) groups excluding carboxylic acids is 1. The zero-order valence-electron chi connectivity index (χ0n) is 18.9. The normalized spacial score (nSPS) is 17.3. The van der Waals surface area contributed by atoms with Crippen molar-refractivity contribution in [3.8, 4) is 22.5 Å². The number of H-pyrrole nitrogens is 1. The fourth-order valence-electron chi connectivity index (χ4n) is 4.24. The summed E-state index contributed by atoms with van der Waals surface area (Å²) in [4.78, 5) is 16.6. The van der Waals surface area contributed by atoms with Gasteiger partial charge in [0.2, 0.25) is 11.7 Å². The predicted octanol–water partition coefficient (Wildman–Crippen LogP) is 5.31. The van der Waals surface area contributed by atoms with Crippen LogP contribution in [-0.2, 0) is 11.0 Å². The van der Waals surface area contributed by atoms with Crippen molar-refractivity contribution < 1.29 is 18.0 Å². The highest BCUT2D eigenvalue weighted by molar-refractivity contribution is 5.97. The number of hydrogen-bond acceptors (Lipinski definition) is 5. The fourth-order valence-corrected chi connectivity index (χ4v) is 4.24.